The molecule has 0 aliphatic rings. The van der Waals surface area contributed by atoms with Crippen LogP contribution >= 0.6 is 15.9 Å². The van der Waals surface area contributed by atoms with E-state index in [1.54, 1.807) is 17.1 Å². The monoisotopic (exact) mass is 259 g/mol. The molecule has 0 aromatic carbocycles. The molecule has 0 saturated carbocycles. The number of hydrogen-bond acceptors (Lipinski definition) is 2. The third kappa shape index (κ3) is 2.83. The van der Waals surface area contributed by atoms with Gasteiger partial charge in [0.25, 0.3) is 5.91 Å². The zero-order valence-corrected chi connectivity index (χ0v) is 9.91. The molecule has 78 valence electrons. The van der Waals surface area contributed by atoms with Gasteiger partial charge >= 0.3 is 0 Å². The van der Waals surface area contributed by atoms with E-state index in [-0.39, 0.29) is 11.9 Å². The lowest BCUT2D eigenvalue weighted by molar-refractivity contribution is 0.0935. The van der Waals surface area contributed by atoms with E-state index in [0.717, 1.165) is 11.8 Å². The molecule has 1 atom stereocenters. The maximum atomic E-state index is 11.6. The number of nitrogens with zero attached hydrogens (tertiary/aromatic N) is 2. The molecule has 0 saturated heterocycles. The number of aryl methyl sites for hydroxylation is 1. The molecule has 1 heterocycles. The number of carbonyl (C=O) groups excluding carboxylic acids is 1. The molecule has 1 aromatic rings. The molecule has 0 spiro atoms. The highest BCUT2D eigenvalue weighted by Gasteiger charge is 2.12. The van der Waals surface area contributed by atoms with Crippen molar-refractivity contribution in [2.24, 2.45) is 7.05 Å². The molecular weight excluding hydrogens is 246 g/mol. The van der Waals surface area contributed by atoms with Crippen LogP contribution < -0.4 is 5.32 Å². The first-order chi connectivity index (χ1) is 6.67. The zero-order valence-electron chi connectivity index (χ0n) is 8.33. The summed E-state index contributed by atoms with van der Waals surface area (Å²) >= 11 is 3.34. The standard InChI is InChI=1S/C9H14BrN3O/c1-3-7(4-10)12-9(14)8-5-13(2)6-11-8/h5-7H,3-4H2,1-2H3,(H,12,14). The van der Waals surface area contributed by atoms with Crippen molar-refractivity contribution >= 4 is 21.8 Å². The maximum absolute atomic E-state index is 11.6. The van der Waals surface area contributed by atoms with E-state index < -0.39 is 0 Å². The highest BCUT2D eigenvalue weighted by Crippen LogP contribution is 1.99. The largest absolute Gasteiger partial charge is 0.347 e. The van der Waals surface area contributed by atoms with E-state index in [0.29, 0.717) is 5.69 Å². The SMILES string of the molecule is CCC(CBr)NC(=O)c1cn(C)cn1. The predicted molar refractivity (Wildman–Crippen MR) is 58.5 cm³/mol. The number of imidazole rings is 1. The summed E-state index contributed by atoms with van der Waals surface area (Å²) in [6.45, 7) is 2.03. The average molecular weight is 260 g/mol. The zero-order chi connectivity index (χ0) is 10.6. The third-order valence-corrected chi connectivity index (χ3v) is 2.73. The molecule has 1 rings (SSSR count). The third-order valence-electron chi connectivity index (χ3n) is 1.95. The number of nitrogens with one attached hydrogen (secondary N) is 1. The Kier molecular flexibility index (Phi) is 4.13. The van der Waals surface area contributed by atoms with Gasteiger partial charge in [0.15, 0.2) is 0 Å². The lowest BCUT2D eigenvalue weighted by Gasteiger charge is -2.12. The number of alkyl halides is 1. The van der Waals surface area contributed by atoms with Crippen molar-refractivity contribution in [3.8, 4) is 0 Å². The van der Waals surface area contributed by atoms with E-state index >= 15 is 0 Å². The van der Waals surface area contributed by atoms with Crippen molar-refractivity contribution in [2.45, 2.75) is 19.4 Å². The smallest absolute Gasteiger partial charge is 0.271 e. The van der Waals surface area contributed by atoms with Gasteiger partial charge in [-0.3, -0.25) is 4.79 Å². The van der Waals surface area contributed by atoms with Crippen LogP contribution in [0.5, 0.6) is 0 Å². The summed E-state index contributed by atoms with van der Waals surface area (Å²) in [6.07, 6.45) is 4.23. The molecular formula is C9H14BrN3O. The van der Waals surface area contributed by atoms with E-state index in [1.807, 2.05) is 14.0 Å². The van der Waals surface area contributed by atoms with Gasteiger partial charge in [0.1, 0.15) is 5.69 Å². The molecule has 0 bridgehead atoms. The van der Waals surface area contributed by atoms with Crippen LogP contribution in [0.4, 0.5) is 0 Å². The molecule has 1 unspecified atom stereocenters. The minimum Gasteiger partial charge on any atom is -0.347 e. The van der Waals surface area contributed by atoms with Crippen LogP contribution in [0, 0.1) is 0 Å². The van der Waals surface area contributed by atoms with Crippen LogP contribution in [0.1, 0.15) is 23.8 Å². The summed E-state index contributed by atoms with van der Waals surface area (Å²) in [5, 5.41) is 3.65. The number of rotatable bonds is 4. The second-order valence-corrected chi connectivity index (χ2v) is 3.80. The normalized spacial score (nSPS) is 12.5. The van der Waals surface area contributed by atoms with Gasteiger partial charge in [-0.2, -0.15) is 0 Å². The van der Waals surface area contributed by atoms with E-state index in [4.69, 9.17) is 0 Å². The van der Waals surface area contributed by atoms with E-state index in [9.17, 15) is 4.79 Å². The molecule has 5 heteroatoms. The molecule has 1 amide bonds. The molecule has 1 aromatic heterocycles. The fraction of sp³-hybridized carbons (Fsp3) is 0.556. The second-order valence-electron chi connectivity index (χ2n) is 3.16. The van der Waals surface area contributed by atoms with Gasteiger partial charge in [-0.05, 0) is 6.42 Å². The number of carbonyl (C=O) groups is 1. The van der Waals surface area contributed by atoms with Crippen molar-refractivity contribution in [3.05, 3.63) is 18.2 Å². The van der Waals surface area contributed by atoms with Crippen molar-refractivity contribution in [1.29, 1.82) is 0 Å². The molecule has 0 fully saturated rings. The van der Waals surface area contributed by atoms with Crippen LogP contribution in [-0.2, 0) is 7.05 Å². The van der Waals surface area contributed by atoms with Crippen LogP contribution in [0.25, 0.3) is 0 Å². The van der Waals surface area contributed by atoms with Crippen molar-refractivity contribution in [3.63, 3.8) is 0 Å². The molecule has 0 aliphatic carbocycles. The Hall–Kier alpha value is -0.840. The molecule has 0 aliphatic heterocycles. The number of halogens is 1. The molecule has 0 radical (unpaired) electrons. The van der Waals surface area contributed by atoms with Gasteiger partial charge in [0, 0.05) is 24.6 Å². The first kappa shape index (κ1) is 11.2. The van der Waals surface area contributed by atoms with Gasteiger partial charge in [-0.15, -0.1) is 0 Å². The van der Waals surface area contributed by atoms with E-state index in [2.05, 4.69) is 26.2 Å². The Morgan fingerprint density at radius 3 is 2.93 bits per heavy atom. The van der Waals surface area contributed by atoms with Crippen LogP contribution in [0.15, 0.2) is 12.5 Å². The van der Waals surface area contributed by atoms with Crippen molar-refractivity contribution < 1.29 is 4.79 Å². The number of aromatic nitrogens is 2. The van der Waals surface area contributed by atoms with Gasteiger partial charge in [-0.25, -0.2) is 4.98 Å². The van der Waals surface area contributed by atoms with Gasteiger partial charge in [0.05, 0.1) is 6.33 Å². The average Bonchev–Trinajstić information content (AvgIpc) is 2.61. The highest BCUT2D eigenvalue weighted by atomic mass is 79.9. The summed E-state index contributed by atoms with van der Waals surface area (Å²) < 4.78 is 1.75. The summed E-state index contributed by atoms with van der Waals surface area (Å²) in [4.78, 5) is 15.6. The summed E-state index contributed by atoms with van der Waals surface area (Å²) in [7, 11) is 1.84. The Morgan fingerprint density at radius 1 is 1.79 bits per heavy atom. The fourth-order valence-electron chi connectivity index (χ4n) is 1.04. The predicted octanol–water partition coefficient (Wildman–Crippen LogP) is 1.32. The summed E-state index contributed by atoms with van der Waals surface area (Å²) in [6, 6.07) is 0.171. The lowest BCUT2D eigenvalue weighted by Crippen LogP contribution is -2.35. The Labute approximate surface area is 91.8 Å². The molecule has 1 N–H and O–H groups in total. The van der Waals surface area contributed by atoms with Crippen LogP contribution in [0.3, 0.4) is 0 Å². The topological polar surface area (TPSA) is 46.9 Å². The fourth-order valence-corrected chi connectivity index (χ4v) is 1.66. The number of hydrogen-bond donors (Lipinski definition) is 1. The Bertz CT molecular complexity index is 307. The summed E-state index contributed by atoms with van der Waals surface area (Å²) in [5.74, 6) is -0.114. The Morgan fingerprint density at radius 2 is 2.50 bits per heavy atom. The van der Waals surface area contributed by atoms with E-state index in [1.165, 1.54) is 0 Å². The van der Waals surface area contributed by atoms with Gasteiger partial charge < -0.3 is 9.88 Å². The first-order valence-corrected chi connectivity index (χ1v) is 5.64. The second kappa shape index (κ2) is 5.14. The minimum atomic E-state index is -0.114. The van der Waals surface area contributed by atoms with Crippen molar-refractivity contribution in [1.82, 2.24) is 14.9 Å². The lowest BCUT2D eigenvalue weighted by atomic mass is 10.2. The quantitative estimate of drug-likeness (QED) is 0.830. The number of amides is 1. The van der Waals surface area contributed by atoms with Gasteiger partial charge in [0.2, 0.25) is 0 Å². The summed E-state index contributed by atoms with van der Waals surface area (Å²) in [5.41, 5.74) is 0.465. The van der Waals surface area contributed by atoms with Crippen LogP contribution in [0.2, 0.25) is 0 Å². The van der Waals surface area contributed by atoms with Crippen LogP contribution in [-0.4, -0.2) is 26.8 Å². The van der Waals surface area contributed by atoms with Gasteiger partial charge in [-0.1, -0.05) is 22.9 Å². The molecule has 4 nitrogen and oxygen atoms in total. The van der Waals surface area contributed by atoms with Crippen molar-refractivity contribution in [2.75, 3.05) is 5.33 Å². The Balaban J connectivity index is 2.58. The maximum Gasteiger partial charge on any atom is 0.271 e. The molecule has 14 heavy (non-hydrogen) atoms. The minimum absolute atomic E-state index is 0.114. The first-order valence-electron chi connectivity index (χ1n) is 4.52. The highest BCUT2D eigenvalue weighted by molar-refractivity contribution is 9.09.